The first-order chi connectivity index (χ1) is 19.4. The van der Waals surface area contributed by atoms with Crippen LogP contribution in [-0.2, 0) is 14.6 Å². The summed E-state index contributed by atoms with van der Waals surface area (Å²) in [5, 5.41) is -0.375. The zero-order chi connectivity index (χ0) is 29.6. The first kappa shape index (κ1) is 27.8. The zero-order valence-electron chi connectivity index (χ0n) is 22.1. The molecule has 11 nitrogen and oxygen atoms in total. The van der Waals surface area contributed by atoms with E-state index < -0.39 is 37.9 Å². The Morgan fingerprint density at radius 3 is 2.56 bits per heavy atom. The van der Waals surface area contributed by atoms with Crippen molar-refractivity contribution in [2.75, 3.05) is 36.5 Å². The van der Waals surface area contributed by atoms with Crippen LogP contribution in [0.5, 0.6) is 0 Å². The smallest absolute Gasteiger partial charge is 0.355 e. The zero-order valence-corrected chi connectivity index (χ0v) is 22.9. The molecule has 3 aromatic heterocycles. The van der Waals surface area contributed by atoms with Crippen molar-refractivity contribution in [2.45, 2.75) is 18.0 Å². The van der Waals surface area contributed by atoms with Gasteiger partial charge in [-0.15, -0.1) is 0 Å². The lowest BCUT2D eigenvalue weighted by molar-refractivity contribution is -0.126. The maximum Gasteiger partial charge on any atom is 0.355 e. The van der Waals surface area contributed by atoms with E-state index in [2.05, 4.69) is 21.5 Å². The van der Waals surface area contributed by atoms with Crippen LogP contribution in [0.3, 0.4) is 0 Å². The minimum absolute atomic E-state index is 0.0550. The van der Waals surface area contributed by atoms with Gasteiger partial charge in [0.2, 0.25) is 5.91 Å². The molecule has 1 aliphatic heterocycles. The lowest BCUT2D eigenvalue weighted by Gasteiger charge is -2.40. The molecule has 14 heteroatoms. The summed E-state index contributed by atoms with van der Waals surface area (Å²) in [5.41, 5.74) is 3.83. The lowest BCUT2D eigenvalue weighted by atomic mass is 10.1. The van der Waals surface area contributed by atoms with E-state index in [0.29, 0.717) is 0 Å². The van der Waals surface area contributed by atoms with Crippen LogP contribution in [0.4, 0.5) is 20.3 Å². The van der Waals surface area contributed by atoms with Gasteiger partial charge in [0, 0.05) is 43.8 Å². The van der Waals surface area contributed by atoms with Crippen LogP contribution < -0.4 is 16.3 Å². The van der Waals surface area contributed by atoms with Gasteiger partial charge in [-0.25, -0.2) is 36.5 Å². The Morgan fingerprint density at radius 1 is 1.15 bits per heavy atom. The van der Waals surface area contributed by atoms with Crippen LogP contribution in [-0.4, -0.2) is 70.7 Å². The van der Waals surface area contributed by atoms with Gasteiger partial charge in [-0.2, -0.15) is 4.98 Å². The third-order valence-electron chi connectivity index (χ3n) is 6.81. The van der Waals surface area contributed by atoms with Gasteiger partial charge in [-0.05, 0) is 43.3 Å². The van der Waals surface area contributed by atoms with Crippen LogP contribution in [0.2, 0.25) is 0 Å². The molecule has 0 spiro atoms. The molecule has 0 unspecified atom stereocenters. The summed E-state index contributed by atoms with van der Waals surface area (Å²) in [5.74, 6) is -1.96. The fourth-order valence-corrected chi connectivity index (χ4v) is 5.74. The van der Waals surface area contributed by atoms with Crippen molar-refractivity contribution in [3.63, 3.8) is 0 Å². The van der Waals surface area contributed by atoms with Crippen LogP contribution >= 0.6 is 0 Å². The number of hydrogen-bond donors (Lipinski definition) is 1. The Labute approximate surface area is 233 Å². The predicted octanol–water partition coefficient (Wildman–Crippen LogP) is 2.33. The third kappa shape index (κ3) is 4.90. The SMILES string of the molecule is C=CC(=O)N1CCN(c2nc(=O)n(-c3cccnc3S(C)(=O)=O)c3nc(-c4c(N)cccc4F)c(F)cc23)[C@@H](C)C1. The number of fused-ring (bicyclic) bond motifs is 1. The normalized spacial score (nSPS) is 15.8. The number of rotatable bonds is 5. The Kier molecular flexibility index (Phi) is 7.03. The van der Waals surface area contributed by atoms with Crippen molar-refractivity contribution < 1.29 is 22.0 Å². The number of benzene rings is 1. The second-order valence-electron chi connectivity index (χ2n) is 9.58. The first-order valence-electron chi connectivity index (χ1n) is 12.4. The van der Waals surface area contributed by atoms with Crippen LogP contribution in [0, 0.1) is 11.6 Å². The highest BCUT2D eigenvalue weighted by atomic mass is 32.2. The van der Waals surface area contributed by atoms with Gasteiger partial charge in [-0.3, -0.25) is 4.79 Å². The monoisotopic (exact) mass is 581 g/mol. The molecule has 1 atom stereocenters. The molecule has 1 saturated heterocycles. The number of pyridine rings is 2. The largest absolute Gasteiger partial charge is 0.398 e. The van der Waals surface area contributed by atoms with Gasteiger partial charge >= 0.3 is 5.69 Å². The van der Waals surface area contributed by atoms with Crippen molar-refractivity contribution >= 4 is 38.3 Å². The second-order valence-corrected chi connectivity index (χ2v) is 11.5. The summed E-state index contributed by atoms with van der Waals surface area (Å²) < 4.78 is 56.7. The molecule has 1 fully saturated rings. The number of sulfone groups is 1. The number of piperazine rings is 1. The molecule has 2 N–H and O–H groups in total. The molecule has 41 heavy (non-hydrogen) atoms. The minimum atomic E-state index is -3.94. The summed E-state index contributed by atoms with van der Waals surface area (Å²) in [6.07, 6.45) is 3.39. The summed E-state index contributed by atoms with van der Waals surface area (Å²) in [7, 11) is -3.94. The average Bonchev–Trinajstić information content (AvgIpc) is 2.92. The average molecular weight is 582 g/mol. The van der Waals surface area contributed by atoms with Crippen molar-refractivity contribution in [1.29, 1.82) is 0 Å². The highest BCUT2D eigenvalue weighted by Gasteiger charge is 2.31. The predicted molar refractivity (Wildman–Crippen MR) is 149 cm³/mol. The Hall–Kier alpha value is -4.72. The Balaban J connectivity index is 1.83. The molecule has 0 radical (unpaired) electrons. The highest BCUT2D eigenvalue weighted by Crippen LogP contribution is 2.35. The lowest BCUT2D eigenvalue weighted by Crippen LogP contribution is -2.54. The standard InChI is InChI=1S/C27H25F2N7O4S/c1-4-21(37)34-11-12-35(15(2)14-34)24-16-13-18(29)23(22-17(28)7-5-8-19(22)30)32-25(16)36(27(38)33-24)20-9-6-10-31-26(20)41(3,39)40/h4-10,13,15H,1,11-12,14,30H2,2-3H3/t15-/m0/s1. The molecule has 0 aliphatic carbocycles. The quantitative estimate of drug-likeness (QED) is 0.277. The van der Waals surface area contributed by atoms with E-state index in [-0.39, 0.29) is 65.4 Å². The fourth-order valence-electron chi connectivity index (χ4n) is 4.95. The summed E-state index contributed by atoms with van der Waals surface area (Å²) in [6, 6.07) is 7.31. The van der Waals surface area contributed by atoms with Gasteiger partial charge in [0.15, 0.2) is 26.3 Å². The molecule has 4 heterocycles. The van der Waals surface area contributed by atoms with Gasteiger partial charge in [0.1, 0.15) is 17.3 Å². The molecule has 1 aromatic carbocycles. The first-order valence-corrected chi connectivity index (χ1v) is 14.3. The minimum Gasteiger partial charge on any atom is -0.398 e. The number of carbonyl (C=O) groups excluding carboxylic acids is 1. The van der Waals surface area contributed by atoms with Gasteiger partial charge in [-0.1, -0.05) is 12.6 Å². The topological polar surface area (TPSA) is 144 Å². The van der Waals surface area contributed by atoms with Crippen molar-refractivity contribution in [3.05, 3.63) is 77.4 Å². The molecule has 0 saturated carbocycles. The van der Waals surface area contributed by atoms with E-state index in [9.17, 15) is 22.4 Å². The second kappa shape index (κ2) is 10.4. The van der Waals surface area contributed by atoms with E-state index >= 15 is 4.39 Å². The van der Waals surface area contributed by atoms with Gasteiger partial charge in [0.25, 0.3) is 0 Å². The van der Waals surface area contributed by atoms with E-state index in [1.165, 1.54) is 36.5 Å². The molecular formula is C27H25F2N7O4S. The van der Waals surface area contributed by atoms with E-state index in [0.717, 1.165) is 23.0 Å². The number of nitrogens with two attached hydrogens (primary N) is 1. The van der Waals surface area contributed by atoms with Crippen LogP contribution in [0.15, 0.2) is 65.1 Å². The molecule has 5 rings (SSSR count). The molecule has 0 bridgehead atoms. The number of aromatic nitrogens is 4. The molecule has 1 amide bonds. The number of nitrogens with zero attached hydrogens (tertiary/aromatic N) is 6. The fraction of sp³-hybridized carbons (Fsp3) is 0.222. The van der Waals surface area contributed by atoms with Crippen LogP contribution in [0.1, 0.15) is 6.92 Å². The number of nitrogen functional groups attached to an aromatic ring is 1. The molecule has 1 aliphatic rings. The van der Waals surface area contributed by atoms with Crippen molar-refractivity contribution in [2.24, 2.45) is 0 Å². The van der Waals surface area contributed by atoms with Gasteiger partial charge in [0.05, 0.1) is 16.6 Å². The third-order valence-corrected chi connectivity index (χ3v) is 7.83. The summed E-state index contributed by atoms with van der Waals surface area (Å²) in [6.45, 7) is 6.12. The van der Waals surface area contributed by atoms with E-state index in [1.807, 2.05) is 6.92 Å². The Bertz CT molecular complexity index is 1870. The Morgan fingerprint density at radius 2 is 1.90 bits per heavy atom. The number of amides is 1. The summed E-state index contributed by atoms with van der Waals surface area (Å²) in [4.78, 5) is 41.7. The van der Waals surface area contributed by atoms with Gasteiger partial charge < -0.3 is 15.5 Å². The van der Waals surface area contributed by atoms with Crippen molar-refractivity contribution in [3.8, 4) is 16.9 Å². The van der Waals surface area contributed by atoms with Crippen molar-refractivity contribution in [1.82, 2.24) is 24.4 Å². The van der Waals surface area contributed by atoms with E-state index in [1.54, 1.807) is 9.80 Å². The maximum absolute atomic E-state index is 15.7. The number of hydrogen-bond acceptors (Lipinski definition) is 9. The summed E-state index contributed by atoms with van der Waals surface area (Å²) >= 11 is 0. The number of anilines is 2. The molecule has 4 aromatic rings. The molecular weight excluding hydrogens is 556 g/mol. The molecule has 212 valence electrons. The number of carbonyl (C=O) groups is 1. The van der Waals surface area contributed by atoms with Crippen LogP contribution in [0.25, 0.3) is 28.0 Å². The highest BCUT2D eigenvalue weighted by molar-refractivity contribution is 7.90. The maximum atomic E-state index is 15.7. The number of halogens is 2. The van der Waals surface area contributed by atoms with E-state index in [4.69, 9.17) is 5.73 Å².